The molecule has 0 aliphatic heterocycles. The molecule has 0 saturated carbocycles. The van der Waals surface area contributed by atoms with Gasteiger partial charge in [0.15, 0.2) is 0 Å². The summed E-state index contributed by atoms with van der Waals surface area (Å²) in [5, 5.41) is 5.22. The third kappa shape index (κ3) is 7.28. The monoisotopic (exact) mass is 483 g/mol. The van der Waals surface area contributed by atoms with Crippen LogP contribution in [0.3, 0.4) is 0 Å². The minimum Gasteiger partial charge on any atom is -0.464 e. The van der Waals surface area contributed by atoms with E-state index in [0.29, 0.717) is 17.2 Å². The first-order chi connectivity index (χ1) is 16.3. The number of amides is 2. The largest absolute Gasteiger partial charge is 0.464 e. The Hall–Kier alpha value is -3.46. The summed E-state index contributed by atoms with van der Waals surface area (Å²) in [5.74, 6) is -0.631. The fourth-order valence-electron chi connectivity index (χ4n) is 3.05. The van der Waals surface area contributed by atoms with Crippen molar-refractivity contribution in [2.45, 2.75) is 39.8 Å². The van der Waals surface area contributed by atoms with E-state index < -0.39 is 18.1 Å². The maximum Gasteiger partial charge on any atom is 0.408 e. The number of carbonyl (C=O) groups is 3. The number of nitrogens with zero attached hydrogens (tertiary/aromatic N) is 1. The number of nitrogens with one attached hydrogen (secondary N) is 2. The van der Waals surface area contributed by atoms with E-state index in [1.54, 1.807) is 12.3 Å². The minimum atomic E-state index is -1.09. The summed E-state index contributed by atoms with van der Waals surface area (Å²) < 4.78 is 11.5. The first-order valence-corrected chi connectivity index (χ1v) is 11.9. The van der Waals surface area contributed by atoms with Gasteiger partial charge in [0.1, 0.15) is 12.6 Å². The van der Waals surface area contributed by atoms with E-state index in [2.05, 4.69) is 15.6 Å². The smallest absolute Gasteiger partial charge is 0.408 e. The van der Waals surface area contributed by atoms with Crippen LogP contribution in [0, 0.1) is 12.8 Å². The maximum absolute atomic E-state index is 12.7. The van der Waals surface area contributed by atoms with Gasteiger partial charge in [-0.3, -0.25) is 9.78 Å². The number of carbonyl (C=O) groups excluding carboxylic acids is 3. The van der Waals surface area contributed by atoms with Crippen LogP contribution in [0.15, 0.2) is 48.7 Å². The van der Waals surface area contributed by atoms with E-state index in [9.17, 15) is 14.4 Å². The molecule has 3 rings (SSSR count). The summed E-state index contributed by atoms with van der Waals surface area (Å²) in [5.41, 5.74) is 2.58. The molecule has 2 amide bonds. The molecule has 9 heteroatoms. The molecule has 34 heavy (non-hydrogen) atoms. The van der Waals surface area contributed by atoms with Crippen LogP contribution in [0.25, 0.3) is 10.2 Å². The van der Waals surface area contributed by atoms with Gasteiger partial charge in [0.25, 0.3) is 5.91 Å². The molecule has 0 unspecified atom stereocenters. The normalized spacial score (nSPS) is 11.8. The van der Waals surface area contributed by atoms with Crippen molar-refractivity contribution in [1.82, 2.24) is 15.6 Å². The molecule has 0 aliphatic carbocycles. The summed E-state index contributed by atoms with van der Waals surface area (Å²) >= 11 is 1.33. The Morgan fingerprint density at radius 3 is 2.56 bits per heavy atom. The highest BCUT2D eigenvalue weighted by Gasteiger charge is 2.25. The van der Waals surface area contributed by atoms with Crippen molar-refractivity contribution in [3.8, 4) is 0 Å². The molecule has 0 spiro atoms. The van der Waals surface area contributed by atoms with Gasteiger partial charge in [-0.15, -0.1) is 11.3 Å². The highest BCUT2D eigenvalue weighted by molar-refractivity contribution is 7.21. The van der Waals surface area contributed by atoms with E-state index in [1.165, 1.54) is 11.3 Å². The lowest BCUT2D eigenvalue weighted by Gasteiger charge is -2.18. The van der Waals surface area contributed by atoms with Crippen molar-refractivity contribution in [3.63, 3.8) is 0 Å². The first-order valence-electron chi connectivity index (χ1n) is 11.1. The lowest BCUT2D eigenvalue weighted by Crippen LogP contribution is -2.49. The van der Waals surface area contributed by atoms with E-state index in [0.717, 1.165) is 21.3 Å². The van der Waals surface area contributed by atoms with Gasteiger partial charge in [-0.1, -0.05) is 44.2 Å². The van der Waals surface area contributed by atoms with Gasteiger partial charge >= 0.3 is 12.1 Å². The molecular formula is C25H29N3O5S. The second kappa shape index (κ2) is 12.1. The SMILES string of the molecule is Cc1ccnc2cc(C(=O)NC[C@@H](NC(=O)OCc3ccccc3)C(=O)OCCC(C)C)sc12. The molecule has 0 radical (unpaired) electrons. The molecule has 0 fully saturated rings. The molecule has 8 nitrogen and oxygen atoms in total. The molecule has 2 N–H and O–H groups in total. The standard InChI is InChI=1S/C25H29N3O5S/c1-16(2)10-12-32-24(30)20(28-25(31)33-15-18-7-5-4-6-8-18)14-27-23(29)21-13-19-22(34-21)17(3)9-11-26-19/h4-9,11,13,16,20H,10,12,14-15H2,1-3H3,(H,27,29)(H,28,31)/t20-/m1/s1. The second-order valence-electron chi connectivity index (χ2n) is 8.27. The molecule has 2 heterocycles. The Labute approximate surface area is 202 Å². The van der Waals surface area contributed by atoms with Crippen LogP contribution < -0.4 is 10.6 Å². The van der Waals surface area contributed by atoms with Crippen LogP contribution >= 0.6 is 11.3 Å². The molecule has 1 aromatic carbocycles. The van der Waals surface area contributed by atoms with E-state index >= 15 is 0 Å². The highest BCUT2D eigenvalue weighted by atomic mass is 32.1. The van der Waals surface area contributed by atoms with Crippen molar-refractivity contribution in [2.75, 3.05) is 13.2 Å². The molecule has 0 saturated heterocycles. The topological polar surface area (TPSA) is 107 Å². The number of rotatable bonds is 10. The van der Waals surface area contributed by atoms with Gasteiger partial charge in [-0.05, 0) is 42.5 Å². The molecule has 1 atom stereocenters. The van der Waals surface area contributed by atoms with Gasteiger partial charge in [-0.2, -0.15) is 0 Å². The van der Waals surface area contributed by atoms with Crippen molar-refractivity contribution in [1.29, 1.82) is 0 Å². The quantitative estimate of drug-likeness (QED) is 0.418. The zero-order valence-corrected chi connectivity index (χ0v) is 20.3. The average molecular weight is 484 g/mol. The van der Waals surface area contributed by atoms with Crippen molar-refractivity contribution in [2.24, 2.45) is 5.92 Å². The number of hydrogen-bond donors (Lipinski definition) is 2. The van der Waals surface area contributed by atoms with Gasteiger partial charge in [0, 0.05) is 12.7 Å². The van der Waals surface area contributed by atoms with Gasteiger partial charge < -0.3 is 20.1 Å². The Kier molecular flexibility index (Phi) is 8.98. The van der Waals surface area contributed by atoms with Crippen LogP contribution in [0.1, 0.15) is 41.1 Å². The Balaban J connectivity index is 1.61. The Morgan fingerprint density at radius 2 is 1.85 bits per heavy atom. The zero-order valence-electron chi connectivity index (χ0n) is 19.5. The number of aromatic nitrogens is 1. The van der Waals surface area contributed by atoms with Crippen LogP contribution in [-0.2, 0) is 20.9 Å². The van der Waals surface area contributed by atoms with Gasteiger partial charge in [0.05, 0.1) is 21.7 Å². The number of ether oxygens (including phenoxy) is 2. The van der Waals surface area contributed by atoms with Crippen molar-refractivity contribution in [3.05, 3.63) is 64.7 Å². The number of hydrogen-bond acceptors (Lipinski definition) is 7. The molecule has 3 aromatic rings. The summed E-state index contributed by atoms with van der Waals surface area (Å²) in [6, 6.07) is 11.7. The maximum atomic E-state index is 12.7. The Bertz CT molecular complexity index is 1130. The minimum absolute atomic E-state index is 0.0578. The van der Waals surface area contributed by atoms with Crippen molar-refractivity contribution >= 4 is 39.5 Å². The number of pyridine rings is 1. The Morgan fingerprint density at radius 1 is 1.09 bits per heavy atom. The van der Waals surface area contributed by atoms with Crippen LogP contribution in [0.5, 0.6) is 0 Å². The van der Waals surface area contributed by atoms with Gasteiger partial charge in [0.2, 0.25) is 0 Å². The fourth-order valence-corrected chi connectivity index (χ4v) is 4.06. The summed E-state index contributed by atoms with van der Waals surface area (Å²) in [7, 11) is 0. The lowest BCUT2D eigenvalue weighted by molar-refractivity contribution is -0.146. The highest BCUT2D eigenvalue weighted by Crippen LogP contribution is 2.26. The summed E-state index contributed by atoms with van der Waals surface area (Å²) in [6.07, 6.45) is 1.61. The number of thiophene rings is 1. The second-order valence-corrected chi connectivity index (χ2v) is 9.32. The number of benzene rings is 1. The third-order valence-electron chi connectivity index (χ3n) is 5.03. The fraction of sp³-hybridized carbons (Fsp3) is 0.360. The third-order valence-corrected chi connectivity index (χ3v) is 6.29. The number of aryl methyl sites for hydroxylation is 1. The predicted molar refractivity (Wildman–Crippen MR) is 131 cm³/mol. The molecule has 0 bridgehead atoms. The summed E-state index contributed by atoms with van der Waals surface area (Å²) in [4.78, 5) is 42.4. The van der Waals surface area contributed by atoms with Crippen LogP contribution in [-0.4, -0.2) is 42.1 Å². The molecular weight excluding hydrogens is 454 g/mol. The van der Waals surface area contributed by atoms with E-state index in [1.807, 2.05) is 57.2 Å². The zero-order chi connectivity index (χ0) is 24.5. The van der Waals surface area contributed by atoms with E-state index in [-0.39, 0.29) is 25.7 Å². The van der Waals surface area contributed by atoms with Crippen LogP contribution in [0.4, 0.5) is 4.79 Å². The first kappa shape index (κ1) is 25.2. The number of alkyl carbamates (subject to hydrolysis) is 1. The lowest BCUT2D eigenvalue weighted by atomic mass is 10.1. The molecule has 0 aliphatic rings. The molecule has 2 aromatic heterocycles. The number of fused-ring (bicyclic) bond motifs is 1. The average Bonchev–Trinajstić information content (AvgIpc) is 3.26. The molecule has 180 valence electrons. The van der Waals surface area contributed by atoms with Crippen LogP contribution in [0.2, 0.25) is 0 Å². The number of esters is 1. The van der Waals surface area contributed by atoms with E-state index in [4.69, 9.17) is 9.47 Å². The predicted octanol–water partition coefficient (Wildman–Crippen LogP) is 4.22. The van der Waals surface area contributed by atoms with Gasteiger partial charge in [-0.25, -0.2) is 9.59 Å². The summed E-state index contributed by atoms with van der Waals surface area (Å²) in [6.45, 7) is 6.14. The van der Waals surface area contributed by atoms with Crippen molar-refractivity contribution < 1.29 is 23.9 Å².